The van der Waals surface area contributed by atoms with Gasteiger partial charge in [0, 0.05) is 23.3 Å². The van der Waals surface area contributed by atoms with Crippen LogP contribution in [0.2, 0.25) is 0 Å². The molecular weight excluding hydrogens is 384 g/mol. The number of benzene rings is 1. The molecule has 5 nitrogen and oxygen atoms in total. The Bertz CT molecular complexity index is 1070. The van der Waals surface area contributed by atoms with E-state index in [9.17, 15) is 4.79 Å². The Morgan fingerprint density at radius 1 is 1.00 bits per heavy atom. The van der Waals surface area contributed by atoms with E-state index in [0.29, 0.717) is 0 Å². The van der Waals surface area contributed by atoms with Crippen molar-refractivity contribution in [1.82, 2.24) is 14.9 Å². The first-order chi connectivity index (χ1) is 15.2. The van der Waals surface area contributed by atoms with Crippen LogP contribution >= 0.6 is 0 Å². The summed E-state index contributed by atoms with van der Waals surface area (Å²) in [5.74, 6) is 0.135. The van der Waals surface area contributed by atoms with Gasteiger partial charge in [-0.1, -0.05) is 18.1 Å². The van der Waals surface area contributed by atoms with E-state index >= 15 is 0 Å². The summed E-state index contributed by atoms with van der Waals surface area (Å²) in [4.78, 5) is 26.4. The fraction of sp³-hybridized carbons (Fsp3) is 0.423. The molecule has 0 radical (unpaired) electrons. The minimum atomic E-state index is 0.135. The van der Waals surface area contributed by atoms with E-state index in [0.717, 1.165) is 65.5 Å². The van der Waals surface area contributed by atoms with E-state index in [1.54, 1.807) is 17.3 Å². The Balaban J connectivity index is 1.43. The van der Waals surface area contributed by atoms with Crippen molar-refractivity contribution in [3.63, 3.8) is 0 Å². The number of carbonyl (C=O) groups excluding carboxylic acids is 1. The molecule has 1 aliphatic heterocycles. The molecule has 1 aromatic carbocycles. The molecular formula is C26H31N4O+. The number of carbonyl (C=O) groups is 1. The van der Waals surface area contributed by atoms with Crippen molar-refractivity contribution >= 4 is 16.8 Å². The molecule has 0 bridgehead atoms. The Morgan fingerprint density at radius 3 is 2.48 bits per heavy atom. The number of nitrogens with one attached hydrogen (secondary N) is 1. The summed E-state index contributed by atoms with van der Waals surface area (Å²) < 4.78 is 0. The van der Waals surface area contributed by atoms with Crippen LogP contribution in [0.15, 0.2) is 48.8 Å². The summed E-state index contributed by atoms with van der Waals surface area (Å²) in [6.07, 6.45) is 10.4. The molecule has 1 amide bonds. The summed E-state index contributed by atoms with van der Waals surface area (Å²) in [6.45, 7) is 5.87. The van der Waals surface area contributed by atoms with Crippen molar-refractivity contribution in [3.05, 3.63) is 59.9 Å². The second-order valence-corrected chi connectivity index (χ2v) is 9.10. The highest BCUT2D eigenvalue weighted by Crippen LogP contribution is 2.26. The van der Waals surface area contributed by atoms with Crippen LogP contribution in [-0.4, -0.2) is 53.0 Å². The average molecular weight is 416 g/mol. The van der Waals surface area contributed by atoms with Gasteiger partial charge in [-0.2, -0.15) is 0 Å². The van der Waals surface area contributed by atoms with Gasteiger partial charge in [0.15, 0.2) is 0 Å². The minimum absolute atomic E-state index is 0.135. The number of nitrogens with zero attached hydrogens (tertiary/aromatic N) is 3. The Morgan fingerprint density at radius 2 is 1.74 bits per heavy atom. The van der Waals surface area contributed by atoms with Crippen LogP contribution < -0.4 is 4.90 Å². The number of piperazine rings is 1. The molecule has 31 heavy (non-hydrogen) atoms. The summed E-state index contributed by atoms with van der Waals surface area (Å²) in [5, 5.41) is 0.949. The Kier molecular flexibility index (Phi) is 5.68. The summed E-state index contributed by atoms with van der Waals surface area (Å²) in [6, 6.07) is 12.8. The number of hydrogen-bond donors (Lipinski definition) is 1. The molecule has 0 spiro atoms. The summed E-state index contributed by atoms with van der Waals surface area (Å²) >= 11 is 0. The van der Waals surface area contributed by atoms with Gasteiger partial charge in [0.05, 0.1) is 49.0 Å². The smallest absolute Gasteiger partial charge is 0.255 e. The number of aromatic nitrogens is 2. The normalized spacial score (nSPS) is 18.4. The highest BCUT2D eigenvalue weighted by Gasteiger charge is 2.31. The van der Waals surface area contributed by atoms with Gasteiger partial charge in [-0.3, -0.25) is 9.78 Å². The van der Waals surface area contributed by atoms with Gasteiger partial charge in [0.25, 0.3) is 5.91 Å². The van der Waals surface area contributed by atoms with Crippen LogP contribution in [-0.2, 0) is 0 Å². The maximum Gasteiger partial charge on any atom is 0.255 e. The van der Waals surface area contributed by atoms with Crippen LogP contribution in [0.4, 0.5) is 0 Å². The number of pyridine rings is 2. The molecule has 160 valence electrons. The van der Waals surface area contributed by atoms with Crippen molar-refractivity contribution in [1.29, 1.82) is 0 Å². The zero-order valence-corrected chi connectivity index (χ0v) is 18.3. The molecule has 5 heteroatoms. The van der Waals surface area contributed by atoms with Gasteiger partial charge in [-0.25, -0.2) is 4.98 Å². The first-order valence-corrected chi connectivity index (χ1v) is 11.6. The molecule has 2 fully saturated rings. The number of quaternary nitrogens is 1. The predicted octanol–water partition coefficient (Wildman–Crippen LogP) is 3.28. The SMILES string of the molecule is Cc1ccc2nc(-c3ccncc3)cc(C(=O)N3CC[NH+](C4CCCCC4)CC3)c2c1. The van der Waals surface area contributed by atoms with Gasteiger partial charge < -0.3 is 9.80 Å². The average Bonchev–Trinajstić information content (AvgIpc) is 2.84. The van der Waals surface area contributed by atoms with Crippen molar-refractivity contribution in [3.8, 4) is 11.3 Å². The molecule has 0 atom stereocenters. The largest absolute Gasteiger partial charge is 0.330 e. The predicted molar refractivity (Wildman–Crippen MR) is 123 cm³/mol. The third-order valence-electron chi connectivity index (χ3n) is 7.05. The van der Waals surface area contributed by atoms with E-state index < -0.39 is 0 Å². The highest BCUT2D eigenvalue weighted by atomic mass is 16.2. The molecule has 3 heterocycles. The third kappa shape index (κ3) is 4.19. The lowest BCUT2D eigenvalue weighted by Crippen LogP contribution is -3.18. The lowest BCUT2D eigenvalue weighted by molar-refractivity contribution is -0.930. The monoisotopic (exact) mass is 415 g/mol. The van der Waals surface area contributed by atoms with E-state index in [1.807, 2.05) is 24.3 Å². The Labute approximate surface area is 184 Å². The third-order valence-corrected chi connectivity index (χ3v) is 7.05. The molecule has 1 saturated heterocycles. The van der Waals surface area contributed by atoms with Crippen LogP contribution in [0.3, 0.4) is 0 Å². The zero-order valence-electron chi connectivity index (χ0n) is 18.3. The van der Waals surface area contributed by atoms with Crippen LogP contribution in [0, 0.1) is 6.92 Å². The molecule has 1 aliphatic carbocycles. The van der Waals surface area contributed by atoms with Crippen LogP contribution in [0.5, 0.6) is 0 Å². The number of fused-ring (bicyclic) bond motifs is 1. The number of hydrogen-bond acceptors (Lipinski definition) is 3. The van der Waals surface area contributed by atoms with Crippen molar-refractivity contribution in [2.24, 2.45) is 0 Å². The fourth-order valence-corrected chi connectivity index (χ4v) is 5.27. The maximum atomic E-state index is 13.7. The molecule has 1 saturated carbocycles. The standard InChI is InChI=1S/C26H30N4O/c1-19-7-8-24-22(17-19)23(18-25(28-24)20-9-11-27-12-10-20)26(31)30-15-13-29(14-16-30)21-5-3-2-4-6-21/h7-12,17-18,21H,2-6,13-16H2,1H3/p+1. The first-order valence-electron chi connectivity index (χ1n) is 11.6. The molecule has 0 unspecified atom stereocenters. The number of aryl methyl sites for hydroxylation is 1. The van der Waals surface area contributed by atoms with Gasteiger partial charge in [0.1, 0.15) is 0 Å². The zero-order chi connectivity index (χ0) is 21.2. The molecule has 3 aromatic rings. The fourth-order valence-electron chi connectivity index (χ4n) is 5.27. The van der Waals surface area contributed by atoms with E-state index in [-0.39, 0.29) is 5.91 Å². The Hall–Kier alpha value is -2.79. The second kappa shape index (κ2) is 8.75. The van der Waals surface area contributed by atoms with Gasteiger partial charge in [0.2, 0.25) is 0 Å². The van der Waals surface area contributed by atoms with Crippen molar-refractivity contribution < 1.29 is 9.69 Å². The quantitative estimate of drug-likeness (QED) is 0.714. The van der Waals surface area contributed by atoms with Crippen LogP contribution in [0.1, 0.15) is 48.0 Å². The molecule has 2 aromatic heterocycles. The summed E-state index contributed by atoms with van der Waals surface area (Å²) in [5.41, 5.74) is 4.59. The maximum absolute atomic E-state index is 13.7. The second-order valence-electron chi connectivity index (χ2n) is 9.10. The molecule has 2 aliphatic rings. The minimum Gasteiger partial charge on any atom is -0.330 e. The van der Waals surface area contributed by atoms with Crippen molar-refractivity contribution in [2.75, 3.05) is 26.2 Å². The summed E-state index contributed by atoms with van der Waals surface area (Å²) in [7, 11) is 0. The number of rotatable bonds is 3. The van der Waals surface area contributed by atoms with E-state index in [2.05, 4.69) is 28.9 Å². The van der Waals surface area contributed by atoms with Gasteiger partial charge in [-0.05, 0) is 62.9 Å². The van der Waals surface area contributed by atoms with E-state index in [1.165, 1.54) is 32.1 Å². The molecule has 1 N–H and O–H groups in total. The highest BCUT2D eigenvalue weighted by molar-refractivity contribution is 6.07. The lowest BCUT2D eigenvalue weighted by Gasteiger charge is -2.38. The number of amides is 1. The first kappa shape index (κ1) is 20.1. The van der Waals surface area contributed by atoms with Crippen molar-refractivity contribution in [2.45, 2.75) is 45.1 Å². The molecule has 5 rings (SSSR count). The topological polar surface area (TPSA) is 50.5 Å². The lowest BCUT2D eigenvalue weighted by atomic mass is 9.93. The van der Waals surface area contributed by atoms with E-state index in [4.69, 9.17) is 4.98 Å². The van der Waals surface area contributed by atoms with Crippen LogP contribution in [0.25, 0.3) is 22.2 Å². The van der Waals surface area contributed by atoms with Gasteiger partial charge in [-0.15, -0.1) is 0 Å². The van der Waals surface area contributed by atoms with Gasteiger partial charge >= 0.3 is 0 Å².